The summed E-state index contributed by atoms with van der Waals surface area (Å²) in [5, 5.41) is 9.92. The summed E-state index contributed by atoms with van der Waals surface area (Å²) in [6.45, 7) is 5.21. The maximum absolute atomic E-state index is 12.2. The average Bonchev–Trinajstić information content (AvgIpc) is 2.62. The fourth-order valence-electron chi connectivity index (χ4n) is 2.18. The van der Waals surface area contributed by atoms with Gasteiger partial charge in [0.2, 0.25) is 0 Å². The molecule has 0 unspecified atom stereocenters. The second kappa shape index (κ2) is 5.67. The van der Waals surface area contributed by atoms with Crippen molar-refractivity contribution in [3.05, 3.63) is 47.7 Å². The quantitative estimate of drug-likeness (QED) is 0.518. The van der Waals surface area contributed by atoms with Crippen LogP contribution in [0.5, 0.6) is 0 Å². The summed E-state index contributed by atoms with van der Waals surface area (Å²) >= 11 is 0. The molecule has 5 heteroatoms. The fraction of sp³-hybridized carbons (Fsp3) is 0.294. The molecule has 0 radical (unpaired) electrons. The minimum atomic E-state index is -0.658. The van der Waals surface area contributed by atoms with Gasteiger partial charge in [0.05, 0.1) is 17.3 Å². The van der Waals surface area contributed by atoms with Gasteiger partial charge in [-0.2, -0.15) is 0 Å². The fourth-order valence-corrected chi connectivity index (χ4v) is 2.18. The predicted molar refractivity (Wildman–Crippen MR) is 84.4 cm³/mol. The molecule has 1 aliphatic heterocycles. The molecule has 1 aromatic rings. The SMILES string of the molecule is CN1C(=O)/C(=C/C(O)=C/C(=O)OC(C)(C)C)c2ccccc21. The van der Waals surface area contributed by atoms with E-state index in [4.69, 9.17) is 4.74 Å². The minimum absolute atomic E-state index is 0.231. The largest absolute Gasteiger partial charge is 0.508 e. The number of anilines is 1. The molecule has 0 saturated heterocycles. The van der Waals surface area contributed by atoms with Crippen molar-refractivity contribution >= 4 is 23.1 Å². The number of para-hydroxylation sites is 1. The van der Waals surface area contributed by atoms with Crippen LogP contribution in [-0.2, 0) is 14.3 Å². The summed E-state index contributed by atoms with van der Waals surface area (Å²) in [6.07, 6.45) is 2.25. The number of esters is 1. The second-order valence-electron chi connectivity index (χ2n) is 6.04. The minimum Gasteiger partial charge on any atom is -0.508 e. The van der Waals surface area contributed by atoms with Crippen LogP contribution in [0.2, 0.25) is 0 Å². The van der Waals surface area contributed by atoms with Gasteiger partial charge in [-0.3, -0.25) is 4.79 Å². The van der Waals surface area contributed by atoms with E-state index in [1.807, 2.05) is 18.2 Å². The number of benzene rings is 1. The van der Waals surface area contributed by atoms with Crippen molar-refractivity contribution in [2.75, 3.05) is 11.9 Å². The first-order valence-electron chi connectivity index (χ1n) is 6.92. The van der Waals surface area contributed by atoms with Crippen LogP contribution in [0.4, 0.5) is 5.69 Å². The second-order valence-corrected chi connectivity index (χ2v) is 6.04. The summed E-state index contributed by atoms with van der Waals surface area (Å²) < 4.78 is 5.09. The van der Waals surface area contributed by atoms with Crippen LogP contribution in [0.25, 0.3) is 5.57 Å². The third-order valence-corrected chi connectivity index (χ3v) is 3.06. The Bertz CT molecular complexity index is 680. The zero-order valence-corrected chi connectivity index (χ0v) is 13.1. The number of hydrogen-bond donors (Lipinski definition) is 1. The van der Waals surface area contributed by atoms with Crippen molar-refractivity contribution in [3.63, 3.8) is 0 Å². The molecule has 116 valence electrons. The van der Waals surface area contributed by atoms with Gasteiger partial charge in [-0.15, -0.1) is 0 Å². The number of likely N-dealkylation sites (N-methyl/N-ethyl adjacent to an activating group) is 1. The van der Waals surface area contributed by atoms with Crippen LogP contribution in [0, 0.1) is 0 Å². The zero-order valence-electron chi connectivity index (χ0n) is 13.1. The molecule has 1 heterocycles. The Morgan fingerprint density at radius 3 is 2.55 bits per heavy atom. The summed E-state index contributed by atoms with van der Waals surface area (Å²) in [5.74, 6) is -1.21. The number of aliphatic hydroxyl groups excluding tert-OH is 1. The van der Waals surface area contributed by atoms with Gasteiger partial charge >= 0.3 is 5.97 Å². The van der Waals surface area contributed by atoms with E-state index < -0.39 is 11.6 Å². The number of allylic oxidation sites excluding steroid dienone is 1. The number of ether oxygens (including phenoxy) is 1. The highest BCUT2D eigenvalue weighted by atomic mass is 16.6. The number of carbonyl (C=O) groups is 2. The Morgan fingerprint density at radius 2 is 1.91 bits per heavy atom. The maximum Gasteiger partial charge on any atom is 0.335 e. The first kappa shape index (κ1) is 15.8. The lowest BCUT2D eigenvalue weighted by Crippen LogP contribution is -2.22. The molecule has 0 aromatic heterocycles. The molecule has 2 rings (SSSR count). The highest BCUT2D eigenvalue weighted by molar-refractivity contribution is 6.32. The first-order chi connectivity index (χ1) is 10.2. The summed E-state index contributed by atoms with van der Waals surface area (Å²) in [7, 11) is 1.66. The number of carbonyl (C=O) groups excluding carboxylic acids is 2. The number of amides is 1. The van der Waals surface area contributed by atoms with Gasteiger partial charge in [0, 0.05) is 12.6 Å². The highest BCUT2D eigenvalue weighted by Gasteiger charge is 2.29. The van der Waals surface area contributed by atoms with E-state index in [1.54, 1.807) is 33.9 Å². The van der Waals surface area contributed by atoms with Crippen molar-refractivity contribution in [2.24, 2.45) is 0 Å². The normalized spacial score (nSPS) is 16.9. The van der Waals surface area contributed by atoms with E-state index in [-0.39, 0.29) is 11.7 Å². The van der Waals surface area contributed by atoms with Crippen LogP contribution in [0.3, 0.4) is 0 Å². The van der Waals surface area contributed by atoms with E-state index in [0.717, 1.165) is 17.3 Å². The summed E-state index contributed by atoms with van der Waals surface area (Å²) in [4.78, 5) is 25.4. The predicted octanol–water partition coefficient (Wildman–Crippen LogP) is 2.83. The summed E-state index contributed by atoms with van der Waals surface area (Å²) in [5.41, 5.74) is 1.19. The Labute approximate surface area is 129 Å². The van der Waals surface area contributed by atoms with Gasteiger partial charge in [-0.05, 0) is 32.9 Å². The molecular weight excluding hydrogens is 282 g/mol. The number of fused-ring (bicyclic) bond motifs is 1. The molecule has 0 saturated carbocycles. The molecule has 0 aliphatic carbocycles. The van der Waals surface area contributed by atoms with Gasteiger partial charge < -0.3 is 14.7 Å². The van der Waals surface area contributed by atoms with E-state index in [0.29, 0.717) is 5.57 Å². The number of nitrogens with zero attached hydrogens (tertiary/aromatic N) is 1. The van der Waals surface area contributed by atoms with Crippen molar-refractivity contribution in [2.45, 2.75) is 26.4 Å². The molecule has 1 aromatic carbocycles. The van der Waals surface area contributed by atoms with Gasteiger partial charge in [0.25, 0.3) is 5.91 Å². The summed E-state index contributed by atoms with van der Waals surface area (Å²) in [6, 6.07) is 7.27. The topological polar surface area (TPSA) is 66.8 Å². The Hall–Kier alpha value is -2.56. The lowest BCUT2D eigenvalue weighted by Gasteiger charge is -2.17. The van der Waals surface area contributed by atoms with Gasteiger partial charge in [-0.1, -0.05) is 18.2 Å². The van der Waals surface area contributed by atoms with Crippen LogP contribution >= 0.6 is 0 Å². The van der Waals surface area contributed by atoms with Crippen LogP contribution in [0.15, 0.2) is 42.2 Å². The Kier molecular flexibility index (Phi) is 4.08. The van der Waals surface area contributed by atoms with Crippen molar-refractivity contribution in [1.82, 2.24) is 0 Å². The van der Waals surface area contributed by atoms with Gasteiger partial charge in [-0.25, -0.2) is 4.79 Å². The zero-order chi connectivity index (χ0) is 16.5. The molecule has 0 fully saturated rings. The molecule has 22 heavy (non-hydrogen) atoms. The molecule has 0 bridgehead atoms. The standard InChI is InChI=1S/C17H19NO4/c1-17(2,3)22-15(20)10-11(19)9-13-12-7-5-6-8-14(12)18(4)16(13)21/h5-10,19H,1-4H3/b11-10-,13-9+. The third-order valence-electron chi connectivity index (χ3n) is 3.06. The first-order valence-corrected chi connectivity index (χ1v) is 6.92. The molecule has 1 aliphatic rings. The van der Waals surface area contributed by atoms with Crippen molar-refractivity contribution in [1.29, 1.82) is 0 Å². The van der Waals surface area contributed by atoms with Gasteiger partial charge in [0.1, 0.15) is 11.4 Å². The van der Waals surface area contributed by atoms with E-state index in [1.165, 1.54) is 11.0 Å². The molecule has 0 spiro atoms. The average molecular weight is 301 g/mol. The number of aliphatic hydroxyl groups is 1. The molecular formula is C17H19NO4. The van der Waals surface area contributed by atoms with Crippen LogP contribution < -0.4 is 4.90 Å². The van der Waals surface area contributed by atoms with E-state index >= 15 is 0 Å². The van der Waals surface area contributed by atoms with Crippen molar-refractivity contribution < 1.29 is 19.4 Å². The van der Waals surface area contributed by atoms with E-state index in [9.17, 15) is 14.7 Å². The van der Waals surface area contributed by atoms with Crippen LogP contribution in [-0.4, -0.2) is 29.6 Å². The molecule has 0 atom stereocenters. The van der Waals surface area contributed by atoms with Gasteiger partial charge in [0.15, 0.2) is 0 Å². The smallest absolute Gasteiger partial charge is 0.335 e. The number of rotatable bonds is 2. The molecule has 1 N–H and O–H groups in total. The number of hydrogen-bond acceptors (Lipinski definition) is 4. The molecule has 5 nitrogen and oxygen atoms in total. The monoisotopic (exact) mass is 301 g/mol. The Balaban J connectivity index is 2.30. The third kappa shape index (κ3) is 3.36. The van der Waals surface area contributed by atoms with Crippen LogP contribution in [0.1, 0.15) is 26.3 Å². The van der Waals surface area contributed by atoms with Crippen molar-refractivity contribution in [3.8, 4) is 0 Å². The lowest BCUT2D eigenvalue weighted by molar-refractivity contribution is -0.148. The Morgan fingerprint density at radius 1 is 1.27 bits per heavy atom. The van der Waals surface area contributed by atoms with E-state index in [2.05, 4.69) is 0 Å². The highest BCUT2D eigenvalue weighted by Crippen LogP contribution is 2.35. The lowest BCUT2D eigenvalue weighted by atomic mass is 10.1. The molecule has 1 amide bonds. The maximum atomic E-state index is 12.2.